The number of carbonyl (C=O) groups is 3. The quantitative estimate of drug-likeness (QED) is 0.381. The van der Waals surface area contributed by atoms with Crippen LogP contribution in [0, 0.1) is 0 Å². The van der Waals surface area contributed by atoms with E-state index in [0.717, 1.165) is 27.3 Å². The Morgan fingerprint density at radius 2 is 1.53 bits per heavy atom. The second-order valence-corrected chi connectivity index (χ2v) is 8.26. The number of hydrogen-bond donors (Lipinski definition) is 2. The molecule has 0 fully saturated rings. The summed E-state index contributed by atoms with van der Waals surface area (Å²) in [4.78, 5) is 40.0. The lowest BCUT2D eigenvalue weighted by atomic mass is 10.1. The van der Waals surface area contributed by atoms with E-state index in [1.54, 1.807) is 7.11 Å². The number of methoxy groups -OCH3 is 1. The first-order chi connectivity index (χ1) is 17.5. The topological polar surface area (TPSA) is 99.2 Å². The molecule has 0 spiro atoms. The van der Waals surface area contributed by atoms with E-state index in [4.69, 9.17) is 4.74 Å². The molecule has 0 radical (unpaired) electrons. The predicted molar refractivity (Wildman–Crippen MR) is 136 cm³/mol. The van der Waals surface area contributed by atoms with E-state index in [9.17, 15) is 19.5 Å². The molecule has 0 aliphatic rings. The summed E-state index contributed by atoms with van der Waals surface area (Å²) < 4.78 is 5.16. The van der Waals surface area contributed by atoms with Gasteiger partial charge in [-0.3, -0.25) is 14.5 Å². The van der Waals surface area contributed by atoms with Crippen molar-refractivity contribution in [3.8, 4) is 5.75 Å². The number of nitrogens with zero attached hydrogens (tertiary/aromatic N) is 2. The van der Waals surface area contributed by atoms with E-state index < -0.39 is 18.0 Å². The van der Waals surface area contributed by atoms with Crippen molar-refractivity contribution in [2.45, 2.75) is 25.6 Å². The van der Waals surface area contributed by atoms with Gasteiger partial charge in [-0.05, 0) is 35.2 Å². The van der Waals surface area contributed by atoms with Crippen molar-refractivity contribution < 1.29 is 24.2 Å². The number of ether oxygens (including phenoxy) is 1. The number of aliphatic hydroxyl groups is 1. The van der Waals surface area contributed by atoms with Crippen LogP contribution in [0.3, 0.4) is 0 Å². The van der Waals surface area contributed by atoms with Crippen LogP contribution in [-0.2, 0) is 29.1 Å². The highest BCUT2D eigenvalue weighted by molar-refractivity contribution is 5.86. The summed E-state index contributed by atoms with van der Waals surface area (Å²) in [6.07, 6.45) is -0.532. The first-order valence-corrected chi connectivity index (χ1v) is 11.7. The zero-order chi connectivity index (χ0) is 25.8. The molecule has 0 saturated carbocycles. The molecule has 3 aromatic carbocycles. The van der Waals surface area contributed by atoms with Gasteiger partial charge in [0, 0.05) is 19.6 Å². The molecule has 8 nitrogen and oxygen atoms in total. The van der Waals surface area contributed by atoms with E-state index in [2.05, 4.69) is 5.32 Å². The van der Waals surface area contributed by atoms with Crippen LogP contribution in [0.15, 0.2) is 84.9 Å². The molecule has 0 heterocycles. The third-order valence-corrected chi connectivity index (χ3v) is 5.67. The Morgan fingerprint density at radius 3 is 2.11 bits per heavy atom. The maximum absolute atomic E-state index is 13.3. The molecule has 0 aromatic heterocycles. The van der Waals surface area contributed by atoms with Gasteiger partial charge >= 0.3 is 6.03 Å². The maximum Gasteiger partial charge on any atom is 0.326 e. The van der Waals surface area contributed by atoms with Crippen LogP contribution in [-0.4, -0.2) is 59.6 Å². The van der Waals surface area contributed by atoms with Crippen LogP contribution in [0.25, 0.3) is 0 Å². The summed E-state index contributed by atoms with van der Waals surface area (Å²) in [6, 6.07) is 25.3. The Kier molecular flexibility index (Phi) is 10.0. The lowest BCUT2D eigenvalue weighted by Gasteiger charge is -2.29. The average Bonchev–Trinajstić information content (AvgIpc) is 2.93. The highest BCUT2D eigenvalue weighted by atomic mass is 16.5. The van der Waals surface area contributed by atoms with Gasteiger partial charge in [-0.25, -0.2) is 4.79 Å². The zero-order valence-corrected chi connectivity index (χ0v) is 20.2. The van der Waals surface area contributed by atoms with E-state index >= 15 is 0 Å². The summed E-state index contributed by atoms with van der Waals surface area (Å²) in [5.74, 6) is 0.122. The van der Waals surface area contributed by atoms with Crippen LogP contribution in [0.2, 0.25) is 0 Å². The molecule has 3 rings (SSSR count). The number of benzene rings is 3. The number of rotatable bonds is 12. The number of aliphatic hydroxyl groups excluding tert-OH is 1. The fourth-order valence-corrected chi connectivity index (χ4v) is 3.63. The first-order valence-electron chi connectivity index (χ1n) is 11.7. The molecule has 0 saturated heterocycles. The van der Waals surface area contributed by atoms with Gasteiger partial charge in [-0.2, -0.15) is 0 Å². The predicted octanol–water partition coefficient (Wildman–Crippen LogP) is 3.00. The van der Waals surface area contributed by atoms with Crippen molar-refractivity contribution >= 4 is 18.3 Å². The molecular formula is C28H31N3O5. The highest BCUT2D eigenvalue weighted by Gasteiger charge is 2.26. The molecule has 36 heavy (non-hydrogen) atoms. The third kappa shape index (κ3) is 7.95. The fraction of sp³-hybridized carbons (Fsp3) is 0.250. The monoisotopic (exact) mass is 489 g/mol. The molecular weight excluding hydrogens is 458 g/mol. The van der Waals surface area contributed by atoms with Crippen LogP contribution >= 0.6 is 0 Å². The number of hydrogen-bond acceptors (Lipinski definition) is 5. The summed E-state index contributed by atoms with van der Waals surface area (Å²) >= 11 is 0. The van der Waals surface area contributed by atoms with E-state index in [1.165, 1.54) is 4.90 Å². The molecule has 188 valence electrons. The Hall–Kier alpha value is -4.17. The van der Waals surface area contributed by atoms with Crippen molar-refractivity contribution in [2.75, 3.05) is 20.2 Å². The number of imide groups is 1. The number of amides is 4. The van der Waals surface area contributed by atoms with Gasteiger partial charge in [0.25, 0.3) is 5.91 Å². The van der Waals surface area contributed by atoms with Gasteiger partial charge in [0.2, 0.25) is 6.41 Å². The Bertz CT molecular complexity index is 1110. The van der Waals surface area contributed by atoms with Gasteiger partial charge < -0.3 is 20.1 Å². The Labute approximate surface area is 211 Å². The molecule has 8 heteroatoms. The average molecular weight is 490 g/mol. The van der Waals surface area contributed by atoms with Gasteiger partial charge in [0.15, 0.2) is 0 Å². The summed E-state index contributed by atoms with van der Waals surface area (Å²) in [5, 5.41) is 13.3. The molecule has 4 amide bonds. The lowest BCUT2D eigenvalue weighted by molar-refractivity contribution is -0.130. The molecule has 0 aliphatic carbocycles. The molecule has 3 aromatic rings. The summed E-state index contributed by atoms with van der Waals surface area (Å²) in [7, 11) is 1.58. The first kappa shape index (κ1) is 26.4. The number of urea groups is 1. The minimum absolute atomic E-state index is 0.134. The highest BCUT2D eigenvalue weighted by Crippen LogP contribution is 2.13. The lowest BCUT2D eigenvalue weighted by Crippen LogP contribution is -2.49. The second kappa shape index (κ2) is 13.7. The minimum Gasteiger partial charge on any atom is -0.497 e. The van der Waals surface area contributed by atoms with Gasteiger partial charge in [-0.15, -0.1) is 0 Å². The van der Waals surface area contributed by atoms with Gasteiger partial charge in [-0.1, -0.05) is 72.8 Å². The van der Waals surface area contributed by atoms with Crippen LogP contribution in [0.4, 0.5) is 4.79 Å². The Morgan fingerprint density at radius 1 is 0.917 bits per heavy atom. The van der Waals surface area contributed by atoms with Gasteiger partial charge in [0.1, 0.15) is 11.9 Å². The summed E-state index contributed by atoms with van der Waals surface area (Å²) in [5.41, 5.74) is 2.63. The zero-order valence-electron chi connectivity index (χ0n) is 20.2. The van der Waals surface area contributed by atoms with E-state index in [-0.39, 0.29) is 26.2 Å². The van der Waals surface area contributed by atoms with Crippen molar-refractivity contribution in [2.24, 2.45) is 0 Å². The SMILES string of the molecule is COc1ccc(CCN(C=O)C(=O)N(Cc2ccccc2)C[C@H](O)C(=O)NCc2ccccc2)cc1. The third-order valence-electron chi connectivity index (χ3n) is 5.67. The van der Waals surface area contributed by atoms with Crippen LogP contribution in [0.5, 0.6) is 5.75 Å². The molecule has 0 bridgehead atoms. The largest absolute Gasteiger partial charge is 0.497 e. The summed E-state index contributed by atoms with van der Waals surface area (Å²) in [6.45, 7) is 0.277. The second-order valence-electron chi connectivity index (χ2n) is 8.26. The van der Waals surface area contributed by atoms with Crippen LogP contribution in [0.1, 0.15) is 16.7 Å². The molecule has 1 atom stereocenters. The van der Waals surface area contributed by atoms with Crippen molar-refractivity contribution in [3.05, 3.63) is 102 Å². The van der Waals surface area contributed by atoms with Crippen molar-refractivity contribution in [3.63, 3.8) is 0 Å². The van der Waals surface area contributed by atoms with Crippen molar-refractivity contribution in [1.29, 1.82) is 0 Å². The smallest absolute Gasteiger partial charge is 0.326 e. The molecule has 0 aliphatic heterocycles. The minimum atomic E-state index is -1.46. The molecule has 0 unspecified atom stereocenters. The number of carbonyl (C=O) groups excluding carboxylic acids is 3. The van der Waals surface area contributed by atoms with E-state index in [1.807, 2.05) is 84.9 Å². The normalized spacial score (nSPS) is 11.3. The van der Waals surface area contributed by atoms with Crippen LogP contribution < -0.4 is 10.1 Å². The van der Waals surface area contributed by atoms with Gasteiger partial charge in [0.05, 0.1) is 13.7 Å². The van der Waals surface area contributed by atoms with E-state index in [0.29, 0.717) is 12.8 Å². The maximum atomic E-state index is 13.3. The van der Waals surface area contributed by atoms with Crippen molar-refractivity contribution in [1.82, 2.24) is 15.1 Å². The fourth-order valence-electron chi connectivity index (χ4n) is 3.63. The number of nitrogens with one attached hydrogen (secondary N) is 1. The Balaban J connectivity index is 1.66. The molecule has 2 N–H and O–H groups in total. The standard InChI is InChI=1S/C28H31N3O5/c1-36-25-14-12-22(13-15-25)16-17-30(21-32)28(35)31(19-24-10-6-3-7-11-24)20-26(33)27(34)29-18-23-8-4-2-5-9-23/h2-15,21,26,33H,16-20H2,1H3,(H,29,34)/t26-/m0/s1.